The highest BCUT2D eigenvalue weighted by atomic mass is 32.2. The minimum Gasteiger partial charge on any atom is -0.464 e. The third-order valence-corrected chi connectivity index (χ3v) is 3.99. The zero-order valence-electron chi connectivity index (χ0n) is 11.3. The van der Waals surface area contributed by atoms with Crippen LogP contribution in [0.5, 0.6) is 0 Å². The zero-order valence-corrected chi connectivity index (χ0v) is 12.1. The van der Waals surface area contributed by atoms with E-state index < -0.39 is 10.0 Å². The predicted octanol–water partition coefficient (Wildman–Crippen LogP) is 1.29. The van der Waals surface area contributed by atoms with E-state index in [1.165, 1.54) is 18.5 Å². The molecule has 0 atom stereocenters. The van der Waals surface area contributed by atoms with Crippen molar-refractivity contribution in [2.45, 2.75) is 25.3 Å². The fraction of sp³-hybridized carbons (Fsp3) is 0.333. The Morgan fingerprint density at radius 3 is 2.65 bits per heavy atom. The molecule has 0 spiro atoms. The molecule has 2 aromatic rings. The molecular formula is C12H16N4O3S. The lowest BCUT2D eigenvalue weighted by atomic mass is 10.4. The largest absolute Gasteiger partial charge is 0.464 e. The Morgan fingerprint density at radius 1 is 1.30 bits per heavy atom. The van der Waals surface area contributed by atoms with E-state index >= 15 is 0 Å². The molecule has 0 aromatic carbocycles. The number of hydrogen-bond donors (Lipinski definition) is 2. The monoisotopic (exact) mass is 296 g/mol. The van der Waals surface area contributed by atoms with Crippen LogP contribution < -0.4 is 10.0 Å². The van der Waals surface area contributed by atoms with Crippen molar-refractivity contribution in [1.82, 2.24) is 15.3 Å². The molecule has 0 fully saturated rings. The van der Waals surface area contributed by atoms with Gasteiger partial charge in [0.1, 0.15) is 16.4 Å². The van der Waals surface area contributed by atoms with Crippen molar-refractivity contribution >= 4 is 16.0 Å². The lowest BCUT2D eigenvalue weighted by Gasteiger charge is -2.04. The average molecular weight is 296 g/mol. The molecule has 7 nitrogen and oxygen atoms in total. The van der Waals surface area contributed by atoms with Gasteiger partial charge in [-0.05, 0) is 19.5 Å². The molecule has 2 aromatic heterocycles. The SMILES string of the molecule is CCNCc1cc(S(=O)(=O)Nc2ncccn2)c(C)o1. The number of furan rings is 1. The smallest absolute Gasteiger partial charge is 0.267 e. The summed E-state index contributed by atoms with van der Waals surface area (Å²) in [4.78, 5) is 7.76. The Hall–Kier alpha value is -1.93. The maximum Gasteiger partial charge on any atom is 0.267 e. The van der Waals surface area contributed by atoms with Crippen molar-refractivity contribution in [1.29, 1.82) is 0 Å². The van der Waals surface area contributed by atoms with E-state index in [9.17, 15) is 8.42 Å². The third-order valence-electron chi connectivity index (χ3n) is 2.55. The number of nitrogens with one attached hydrogen (secondary N) is 2. The van der Waals surface area contributed by atoms with Crippen LogP contribution >= 0.6 is 0 Å². The van der Waals surface area contributed by atoms with Gasteiger partial charge >= 0.3 is 0 Å². The summed E-state index contributed by atoms with van der Waals surface area (Å²) < 4.78 is 32.2. The van der Waals surface area contributed by atoms with Gasteiger partial charge in [0, 0.05) is 18.5 Å². The molecule has 2 heterocycles. The molecule has 0 aliphatic heterocycles. The van der Waals surface area contributed by atoms with Crippen molar-refractivity contribution in [3.63, 3.8) is 0 Å². The maximum atomic E-state index is 12.2. The van der Waals surface area contributed by atoms with Gasteiger partial charge in [-0.15, -0.1) is 0 Å². The van der Waals surface area contributed by atoms with Crippen LogP contribution in [0.15, 0.2) is 33.8 Å². The van der Waals surface area contributed by atoms with Crippen LogP contribution in [0.4, 0.5) is 5.95 Å². The summed E-state index contributed by atoms with van der Waals surface area (Å²) in [6.45, 7) is 4.82. The normalized spacial score (nSPS) is 11.5. The molecule has 0 saturated heterocycles. The molecule has 0 amide bonds. The van der Waals surface area contributed by atoms with Crippen LogP contribution in [-0.4, -0.2) is 24.9 Å². The summed E-state index contributed by atoms with van der Waals surface area (Å²) in [6.07, 6.45) is 2.92. The lowest BCUT2D eigenvalue weighted by molar-refractivity contribution is 0.460. The molecular weight excluding hydrogens is 280 g/mol. The van der Waals surface area contributed by atoms with Crippen molar-refractivity contribution in [3.8, 4) is 0 Å². The number of aromatic nitrogens is 2. The number of nitrogens with zero attached hydrogens (tertiary/aromatic N) is 2. The van der Waals surface area contributed by atoms with Gasteiger partial charge in [0.25, 0.3) is 10.0 Å². The van der Waals surface area contributed by atoms with E-state index in [2.05, 4.69) is 20.0 Å². The highest BCUT2D eigenvalue weighted by molar-refractivity contribution is 7.92. The minimum atomic E-state index is -3.74. The summed E-state index contributed by atoms with van der Waals surface area (Å²) in [6, 6.07) is 3.11. The number of anilines is 1. The summed E-state index contributed by atoms with van der Waals surface area (Å²) >= 11 is 0. The second-order valence-electron chi connectivity index (χ2n) is 4.09. The quantitative estimate of drug-likeness (QED) is 0.833. The zero-order chi connectivity index (χ0) is 14.6. The van der Waals surface area contributed by atoms with E-state index in [-0.39, 0.29) is 10.8 Å². The first-order chi connectivity index (χ1) is 9.53. The maximum absolute atomic E-state index is 12.2. The van der Waals surface area contributed by atoms with Gasteiger partial charge in [-0.25, -0.2) is 23.1 Å². The molecule has 0 aliphatic carbocycles. The van der Waals surface area contributed by atoms with E-state index in [0.717, 1.165) is 6.54 Å². The number of rotatable bonds is 6. The van der Waals surface area contributed by atoms with Crippen LogP contribution in [-0.2, 0) is 16.6 Å². The van der Waals surface area contributed by atoms with Crippen LogP contribution in [0, 0.1) is 6.92 Å². The van der Waals surface area contributed by atoms with Crippen LogP contribution in [0.3, 0.4) is 0 Å². The molecule has 20 heavy (non-hydrogen) atoms. The van der Waals surface area contributed by atoms with Gasteiger partial charge in [-0.3, -0.25) is 0 Å². The Kier molecular flexibility index (Phi) is 4.35. The van der Waals surface area contributed by atoms with Crippen LogP contribution in [0.1, 0.15) is 18.4 Å². The minimum absolute atomic E-state index is 0.0290. The Balaban J connectivity index is 2.23. The molecule has 0 bridgehead atoms. The fourth-order valence-corrected chi connectivity index (χ4v) is 2.82. The molecule has 0 aliphatic rings. The van der Waals surface area contributed by atoms with Crippen LogP contribution in [0.2, 0.25) is 0 Å². The van der Waals surface area contributed by atoms with Gasteiger partial charge in [0.05, 0.1) is 6.54 Å². The lowest BCUT2D eigenvalue weighted by Crippen LogP contribution is -2.15. The van der Waals surface area contributed by atoms with Gasteiger partial charge in [0.2, 0.25) is 5.95 Å². The van der Waals surface area contributed by atoms with E-state index in [1.54, 1.807) is 13.0 Å². The second kappa shape index (κ2) is 6.02. The molecule has 0 radical (unpaired) electrons. The van der Waals surface area contributed by atoms with Crippen LogP contribution in [0.25, 0.3) is 0 Å². The average Bonchev–Trinajstić information content (AvgIpc) is 2.79. The molecule has 2 N–H and O–H groups in total. The predicted molar refractivity (Wildman–Crippen MR) is 73.7 cm³/mol. The van der Waals surface area contributed by atoms with E-state index in [1.807, 2.05) is 6.92 Å². The highest BCUT2D eigenvalue weighted by Crippen LogP contribution is 2.21. The Labute approximate surface area is 117 Å². The molecule has 108 valence electrons. The molecule has 0 saturated carbocycles. The Morgan fingerprint density at radius 2 is 2.00 bits per heavy atom. The summed E-state index contributed by atoms with van der Waals surface area (Å²) in [5, 5.41) is 3.07. The van der Waals surface area contributed by atoms with Crippen molar-refractivity contribution < 1.29 is 12.8 Å². The topological polar surface area (TPSA) is 97.1 Å². The molecule has 0 unspecified atom stereocenters. The Bertz CT molecular complexity index is 667. The first-order valence-corrected chi connectivity index (χ1v) is 7.61. The van der Waals surface area contributed by atoms with Gasteiger partial charge in [0.15, 0.2) is 0 Å². The second-order valence-corrected chi connectivity index (χ2v) is 5.74. The van der Waals surface area contributed by atoms with Gasteiger partial charge < -0.3 is 9.73 Å². The first-order valence-electron chi connectivity index (χ1n) is 6.13. The number of aryl methyl sites for hydroxylation is 1. The van der Waals surface area contributed by atoms with Gasteiger partial charge in [-0.2, -0.15) is 0 Å². The van der Waals surface area contributed by atoms with Crippen molar-refractivity contribution in [3.05, 3.63) is 36.0 Å². The standard InChI is InChI=1S/C12H16N4O3S/c1-3-13-8-10-7-11(9(2)19-10)20(17,18)16-12-14-5-4-6-15-12/h4-7,13H,3,8H2,1-2H3,(H,14,15,16). The summed E-state index contributed by atoms with van der Waals surface area (Å²) in [7, 11) is -3.74. The van der Waals surface area contributed by atoms with E-state index in [0.29, 0.717) is 18.1 Å². The summed E-state index contributed by atoms with van der Waals surface area (Å²) in [5.74, 6) is 0.932. The molecule has 2 rings (SSSR count). The number of hydrogen-bond acceptors (Lipinski definition) is 6. The van der Waals surface area contributed by atoms with Crippen molar-refractivity contribution in [2.75, 3.05) is 11.3 Å². The first kappa shape index (κ1) is 14.5. The summed E-state index contributed by atoms with van der Waals surface area (Å²) in [5.41, 5.74) is 0. The molecule has 8 heteroatoms. The van der Waals surface area contributed by atoms with Crippen molar-refractivity contribution in [2.24, 2.45) is 0 Å². The van der Waals surface area contributed by atoms with E-state index in [4.69, 9.17) is 4.42 Å². The fourth-order valence-electron chi connectivity index (χ4n) is 1.65. The highest BCUT2D eigenvalue weighted by Gasteiger charge is 2.22. The van der Waals surface area contributed by atoms with Gasteiger partial charge in [-0.1, -0.05) is 6.92 Å². The number of sulfonamides is 1. The third kappa shape index (κ3) is 3.34.